The van der Waals surface area contributed by atoms with Gasteiger partial charge in [0.15, 0.2) is 0 Å². The van der Waals surface area contributed by atoms with Crippen molar-refractivity contribution in [3.05, 3.63) is 78.9 Å². The van der Waals surface area contributed by atoms with E-state index in [0.717, 1.165) is 5.69 Å². The Hall–Kier alpha value is -2.19. The van der Waals surface area contributed by atoms with Crippen molar-refractivity contribution in [2.75, 3.05) is 19.0 Å². The van der Waals surface area contributed by atoms with Gasteiger partial charge in [-0.3, -0.25) is 0 Å². The van der Waals surface area contributed by atoms with Crippen molar-refractivity contribution in [2.24, 2.45) is 10.2 Å². The number of anilines is 1. The quantitative estimate of drug-likeness (QED) is 0.348. The second kappa shape index (κ2) is 9.84. The van der Waals surface area contributed by atoms with Gasteiger partial charge < -0.3 is 9.08 Å². The summed E-state index contributed by atoms with van der Waals surface area (Å²) in [6.07, 6.45) is 0. The Morgan fingerprint density at radius 2 is 1.25 bits per heavy atom. The summed E-state index contributed by atoms with van der Waals surface area (Å²) in [6, 6.07) is 22.1. The molecule has 0 amide bonds. The summed E-state index contributed by atoms with van der Waals surface area (Å²) in [5.74, 6) is 0.266. The van der Waals surface area contributed by atoms with Gasteiger partial charge in [0.1, 0.15) is 10.6 Å². The summed E-state index contributed by atoms with van der Waals surface area (Å²) in [5, 5.41) is 8.30. The van der Waals surface area contributed by atoms with Crippen molar-refractivity contribution in [2.45, 2.75) is 4.90 Å². The number of nitrogens with zero attached hydrogens (tertiary/aromatic N) is 3. The fraction of sp³-hybridized carbons (Fsp3) is 0.100. The standard InChI is InChI=1S/C20H19N3O3S.Na.H/c1-23(2)18-12-8-16(9-13-18)21-22-17-10-14-20(15-11-17)27(24,25)26-19-6-4-3-5-7-19;;/h3-15H,1-2H3;;/b22-21+;;. The van der Waals surface area contributed by atoms with Gasteiger partial charge in [-0.2, -0.15) is 18.6 Å². The first-order valence-electron chi connectivity index (χ1n) is 8.23. The summed E-state index contributed by atoms with van der Waals surface area (Å²) in [6.45, 7) is 0. The number of para-hydroxylation sites is 1. The van der Waals surface area contributed by atoms with Gasteiger partial charge in [-0.05, 0) is 60.7 Å². The fourth-order valence-corrected chi connectivity index (χ4v) is 3.19. The van der Waals surface area contributed by atoms with E-state index in [1.165, 1.54) is 12.1 Å². The third-order valence-corrected chi connectivity index (χ3v) is 4.98. The molecule has 0 N–H and O–H groups in total. The molecule has 3 aromatic rings. The zero-order valence-electron chi connectivity index (χ0n) is 15.0. The molecular formula is C20H20N3NaO3S. The molecule has 0 atom stereocenters. The molecule has 8 heteroatoms. The van der Waals surface area contributed by atoms with Crippen LogP contribution in [0.15, 0.2) is 94.0 Å². The van der Waals surface area contributed by atoms with Crippen LogP contribution in [0.5, 0.6) is 5.75 Å². The van der Waals surface area contributed by atoms with E-state index in [0.29, 0.717) is 11.4 Å². The first kappa shape index (κ1) is 22.1. The molecule has 0 aliphatic heterocycles. The van der Waals surface area contributed by atoms with Gasteiger partial charge in [0.25, 0.3) is 0 Å². The summed E-state index contributed by atoms with van der Waals surface area (Å²) < 4.78 is 29.7. The molecule has 0 fully saturated rings. The zero-order valence-corrected chi connectivity index (χ0v) is 15.8. The van der Waals surface area contributed by atoms with Crippen LogP contribution in [0.1, 0.15) is 0 Å². The van der Waals surface area contributed by atoms with Gasteiger partial charge in [-0.1, -0.05) is 18.2 Å². The Labute approximate surface area is 187 Å². The molecule has 0 heterocycles. The Balaban J connectivity index is 0.00000280. The Morgan fingerprint density at radius 1 is 0.750 bits per heavy atom. The second-order valence-electron chi connectivity index (χ2n) is 5.96. The molecule has 0 aliphatic carbocycles. The maximum atomic E-state index is 12.3. The number of hydrogen-bond donors (Lipinski definition) is 0. The maximum absolute atomic E-state index is 12.3. The van der Waals surface area contributed by atoms with Crippen LogP contribution in [0.2, 0.25) is 0 Å². The van der Waals surface area contributed by atoms with Crippen LogP contribution in [0, 0.1) is 0 Å². The van der Waals surface area contributed by atoms with Crippen molar-refractivity contribution in [1.29, 1.82) is 0 Å². The van der Waals surface area contributed by atoms with E-state index in [4.69, 9.17) is 4.18 Å². The van der Waals surface area contributed by atoms with Gasteiger partial charge in [0, 0.05) is 19.8 Å². The van der Waals surface area contributed by atoms with Crippen molar-refractivity contribution in [1.82, 2.24) is 0 Å². The summed E-state index contributed by atoms with van der Waals surface area (Å²) in [4.78, 5) is 2.05. The molecule has 0 aliphatic rings. The Morgan fingerprint density at radius 3 is 1.75 bits per heavy atom. The van der Waals surface area contributed by atoms with E-state index in [2.05, 4.69) is 10.2 Å². The molecule has 0 saturated heterocycles. The molecule has 0 radical (unpaired) electrons. The van der Waals surface area contributed by atoms with Gasteiger partial charge >= 0.3 is 39.7 Å². The topological polar surface area (TPSA) is 71.3 Å². The van der Waals surface area contributed by atoms with Crippen LogP contribution >= 0.6 is 0 Å². The van der Waals surface area contributed by atoms with Gasteiger partial charge in [0.05, 0.1) is 11.4 Å². The van der Waals surface area contributed by atoms with Crippen molar-refractivity contribution >= 4 is 56.7 Å². The van der Waals surface area contributed by atoms with E-state index in [1.54, 1.807) is 42.5 Å². The van der Waals surface area contributed by atoms with E-state index < -0.39 is 10.1 Å². The van der Waals surface area contributed by atoms with Crippen LogP contribution < -0.4 is 9.08 Å². The van der Waals surface area contributed by atoms with Crippen LogP contribution in [0.3, 0.4) is 0 Å². The molecule has 0 bridgehead atoms. The van der Waals surface area contributed by atoms with Crippen LogP contribution in [0.4, 0.5) is 17.1 Å². The molecule has 3 aromatic carbocycles. The number of azo groups is 1. The van der Waals surface area contributed by atoms with E-state index >= 15 is 0 Å². The zero-order chi connectivity index (χ0) is 19.3. The molecular weight excluding hydrogens is 385 g/mol. The second-order valence-corrected chi connectivity index (χ2v) is 7.50. The van der Waals surface area contributed by atoms with Crippen molar-refractivity contribution in [3.8, 4) is 5.75 Å². The van der Waals surface area contributed by atoms with Gasteiger partial charge in [-0.15, -0.1) is 0 Å². The minimum atomic E-state index is -3.89. The van der Waals surface area contributed by atoms with Crippen LogP contribution in [-0.2, 0) is 10.1 Å². The normalized spacial score (nSPS) is 11.1. The Kier molecular flexibility index (Phi) is 7.77. The summed E-state index contributed by atoms with van der Waals surface area (Å²) in [5.41, 5.74) is 2.33. The number of rotatable bonds is 6. The summed E-state index contributed by atoms with van der Waals surface area (Å²) >= 11 is 0. The monoisotopic (exact) mass is 405 g/mol. The molecule has 140 valence electrons. The first-order valence-corrected chi connectivity index (χ1v) is 9.64. The van der Waals surface area contributed by atoms with Crippen LogP contribution in [0.25, 0.3) is 0 Å². The molecule has 3 rings (SSSR count). The molecule has 0 aromatic heterocycles. The van der Waals surface area contributed by atoms with Gasteiger partial charge in [-0.25, -0.2) is 0 Å². The van der Waals surface area contributed by atoms with Crippen molar-refractivity contribution < 1.29 is 12.6 Å². The minimum absolute atomic E-state index is 0. The van der Waals surface area contributed by atoms with Crippen molar-refractivity contribution in [3.63, 3.8) is 0 Å². The first-order chi connectivity index (χ1) is 12.9. The third-order valence-electron chi connectivity index (χ3n) is 3.72. The molecule has 6 nitrogen and oxygen atoms in total. The number of benzene rings is 3. The van der Waals surface area contributed by atoms with Crippen LogP contribution in [-0.4, -0.2) is 52.1 Å². The van der Waals surface area contributed by atoms with E-state index in [9.17, 15) is 8.42 Å². The average molecular weight is 405 g/mol. The predicted octanol–water partition coefficient (Wildman–Crippen LogP) is 4.29. The van der Waals surface area contributed by atoms with Gasteiger partial charge in [0.2, 0.25) is 0 Å². The molecule has 0 saturated carbocycles. The van der Waals surface area contributed by atoms with E-state index in [-0.39, 0.29) is 40.2 Å². The molecule has 28 heavy (non-hydrogen) atoms. The Bertz CT molecular complexity index is 1020. The average Bonchev–Trinajstić information content (AvgIpc) is 2.67. The molecule has 0 unspecified atom stereocenters. The fourth-order valence-electron chi connectivity index (χ4n) is 2.26. The SMILES string of the molecule is CN(C)c1ccc(/N=N/c2ccc(S(=O)(=O)Oc3ccccc3)cc2)cc1.[NaH]. The third kappa shape index (κ3) is 5.90. The molecule has 0 spiro atoms. The number of hydrogen-bond acceptors (Lipinski definition) is 6. The summed E-state index contributed by atoms with van der Waals surface area (Å²) in [7, 11) is 0.0448. The van der Waals surface area contributed by atoms with E-state index in [1.807, 2.05) is 43.3 Å². The predicted molar refractivity (Wildman–Crippen MR) is 113 cm³/mol.